The SMILES string of the molecule is COc1ccnc(C(=O)C[C@@H](C)C(=O)O[C@@H](C)[C@H](OCC2CC2)C2CCCC2)c1O. The van der Waals surface area contributed by atoms with Crippen LogP contribution in [-0.4, -0.2) is 47.8 Å². The average molecular weight is 420 g/mol. The fourth-order valence-electron chi connectivity index (χ4n) is 4.10. The number of hydrogen-bond donors (Lipinski definition) is 1. The molecular formula is C23H33NO6. The van der Waals surface area contributed by atoms with Gasteiger partial charge in [-0.2, -0.15) is 0 Å². The Labute approximate surface area is 178 Å². The molecule has 3 atom stereocenters. The molecule has 1 aromatic heterocycles. The van der Waals surface area contributed by atoms with Gasteiger partial charge >= 0.3 is 5.97 Å². The standard InChI is InChI=1S/C23H33NO6/c1-14(12-18(25)20-21(26)19(28-3)10-11-24-20)23(27)30-15(2)22(17-6-4-5-7-17)29-13-16-8-9-16/h10-11,14-17,22,26H,4-9,12-13H2,1-3H3/t14-,15+,22+/m1/s1. The van der Waals surface area contributed by atoms with Crippen LogP contribution in [0.5, 0.6) is 11.5 Å². The zero-order valence-corrected chi connectivity index (χ0v) is 18.1. The minimum Gasteiger partial charge on any atom is -0.503 e. The Morgan fingerprint density at radius 2 is 1.90 bits per heavy atom. The summed E-state index contributed by atoms with van der Waals surface area (Å²) in [6, 6.07) is 1.47. The van der Waals surface area contributed by atoms with Crippen molar-refractivity contribution < 1.29 is 28.9 Å². The van der Waals surface area contributed by atoms with Gasteiger partial charge < -0.3 is 19.3 Å². The van der Waals surface area contributed by atoms with Gasteiger partial charge in [0.25, 0.3) is 0 Å². The molecule has 2 fully saturated rings. The molecule has 0 aromatic carbocycles. The molecule has 0 spiro atoms. The number of ether oxygens (including phenoxy) is 3. The lowest BCUT2D eigenvalue weighted by molar-refractivity contribution is -0.163. The van der Waals surface area contributed by atoms with Gasteiger partial charge in [0.15, 0.2) is 23.0 Å². The fraction of sp³-hybridized carbons (Fsp3) is 0.696. The van der Waals surface area contributed by atoms with Gasteiger partial charge in [-0.25, -0.2) is 4.98 Å². The molecule has 0 unspecified atom stereocenters. The Kier molecular flexibility index (Phi) is 7.69. The van der Waals surface area contributed by atoms with Crippen LogP contribution in [0.1, 0.15) is 69.3 Å². The summed E-state index contributed by atoms with van der Waals surface area (Å²) in [5.74, 6) is -0.590. The van der Waals surface area contributed by atoms with Crippen LogP contribution in [0.4, 0.5) is 0 Å². The van der Waals surface area contributed by atoms with Crippen molar-refractivity contribution in [2.45, 2.75) is 71.0 Å². The number of ketones is 1. The Morgan fingerprint density at radius 1 is 1.20 bits per heavy atom. The number of methoxy groups -OCH3 is 1. The average Bonchev–Trinajstić information content (AvgIpc) is 3.39. The van der Waals surface area contributed by atoms with E-state index in [1.165, 1.54) is 45.1 Å². The van der Waals surface area contributed by atoms with E-state index in [0.29, 0.717) is 11.8 Å². The molecule has 1 heterocycles. The molecule has 0 amide bonds. The largest absolute Gasteiger partial charge is 0.503 e. The second kappa shape index (κ2) is 10.2. The molecule has 3 rings (SSSR count). The third-order valence-corrected chi connectivity index (χ3v) is 6.12. The Hall–Kier alpha value is -2.15. The van der Waals surface area contributed by atoms with E-state index in [-0.39, 0.29) is 35.8 Å². The molecule has 0 aliphatic heterocycles. The van der Waals surface area contributed by atoms with Crippen LogP contribution in [0.15, 0.2) is 12.3 Å². The van der Waals surface area contributed by atoms with Gasteiger partial charge in [-0.15, -0.1) is 0 Å². The quantitative estimate of drug-likeness (QED) is 0.429. The lowest BCUT2D eigenvalue weighted by Crippen LogP contribution is -2.38. The summed E-state index contributed by atoms with van der Waals surface area (Å²) < 4.78 is 16.9. The molecular weight excluding hydrogens is 386 g/mol. The lowest BCUT2D eigenvalue weighted by Gasteiger charge is -2.30. The van der Waals surface area contributed by atoms with Crippen molar-refractivity contribution in [1.82, 2.24) is 4.98 Å². The summed E-state index contributed by atoms with van der Waals surface area (Å²) in [5, 5.41) is 10.1. The third-order valence-electron chi connectivity index (χ3n) is 6.12. The first-order chi connectivity index (χ1) is 14.4. The highest BCUT2D eigenvalue weighted by Crippen LogP contribution is 2.35. The van der Waals surface area contributed by atoms with Crippen LogP contribution in [0.25, 0.3) is 0 Å². The number of hydrogen-bond acceptors (Lipinski definition) is 7. The lowest BCUT2D eigenvalue weighted by atomic mass is 9.96. The van der Waals surface area contributed by atoms with Gasteiger partial charge in [0.2, 0.25) is 0 Å². The van der Waals surface area contributed by atoms with Crippen molar-refractivity contribution in [1.29, 1.82) is 0 Å². The monoisotopic (exact) mass is 419 g/mol. The number of carbonyl (C=O) groups excluding carboxylic acids is 2. The zero-order chi connectivity index (χ0) is 21.7. The Morgan fingerprint density at radius 3 is 2.53 bits per heavy atom. The Balaban J connectivity index is 1.57. The molecule has 1 aromatic rings. The first-order valence-corrected chi connectivity index (χ1v) is 11.0. The summed E-state index contributed by atoms with van der Waals surface area (Å²) in [4.78, 5) is 29.1. The van der Waals surface area contributed by atoms with E-state index < -0.39 is 17.7 Å². The van der Waals surface area contributed by atoms with Crippen molar-refractivity contribution in [3.05, 3.63) is 18.0 Å². The maximum atomic E-state index is 12.7. The van der Waals surface area contributed by atoms with Crippen molar-refractivity contribution in [2.75, 3.05) is 13.7 Å². The fourth-order valence-corrected chi connectivity index (χ4v) is 4.10. The molecule has 166 valence electrons. The number of aromatic hydroxyl groups is 1. The van der Waals surface area contributed by atoms with Gasteiger partial charge in [0.1, 0.15) is 6.10 Å². The highest BCUT2D eigenvalue weighted by atomic mass is 16.6. The summed E-state index contributed by atoms with van der Waals surface area (Å²) in [6.45, 7) is 4.27. The number of nitrogens with zero attached hydrogens (tertiary/aromatic N) is 1. The van der Waals surface area contributed by atoms with Gasteiger partial charge in [0, 0.05) is 25.3 Å². The smallest absolute Gasteiger partial charge is 0.309 e. The molecule has 2 saturated carbocycles. The van der Waals surface area contributed by atoms with Crippen LogP contribution in [0.2, 0.25) is 0 Å². The van der Waals surface area contributed by atoms with Crippen LogP contribution in [-0.2, 0) is 14.3 Å². The number of Topliss-reactive ketones (excluding diaryl/α,β-unsaturated/α-hetero) is 1. The molecule has 2 aliphatic rings. The van der Waals surface area contributed by atoms with E-state index in [4.69, 9.17) is 14.2 Å². The first kappa shape index (κ1) is 22.5. The predicted octanol–water partition coefficient (Wildman–Crippen LogP) is 3.92. The minimum absolute atomic E-state index is 0.0935. The number of rotatable bonds is 11. The number of pyridine rings is 1. The topological polar surface area (TPSA) is 95.0 Å². The van der Waals surface area contributed by atoms with E-state index in [1.807, 2.05) is 6.92 Å². The van der Waals surface area contributed by atoms with Crippen molar-refractivity contribution in [2.24, 2.45) is 17.8 Å². The van der Waals surface area contributed by atoms with Crippen molar-refractivity contribution >= 4 is 11.8 Å². The summed E-state index contributed by atoms with van der Waals surface area (Å²) in [6.07, 6.45) is 7.86. The summed E-state index contributed by atoms with van der Waals surface area (Å²) in [5.41, 5.74) is -0.0985. The number of esters is 1. The highest BCUT2D eigenvalue weighted by Gasteiger charge is 2.35. The molecule has 2 aliphatic carbocycles. The molecule has 7 nitrogen and oxygen atoms in total. The molecule has 0 bridgehead atoms. The second-order valence-corrected chi connectivity index (χ2v) is 8.67. The maximum absolute atomic E-state index is 12.7. The van der Waals surface area contributed by atoms with Crippen molar-refractivity contribution in [3.63, 3.8) is 0 Å². The van der Waals surface area contributed by atoms with E-state index in [0.717, 1.165) is 19.4 Å². The second-order valence-electron chi connectivity index (χ2n) is 8.67. The van der Waals surface area contributed by atoms with Gasteiger partial charge in [-0.3, -0.25) is 9.59 Å². The van der Waals surface area contributed by atoms with Crippen LogP contribution in [0, 0.1) is 17.8 Å². The van der Waals surface area contributed by atoms with E-state index in [1.54, 1.807) is 6.92 Å². The third kappa shape index (κ3) is 5.72. The van der Waals surface area contributed by atoms with Crippen LogP contribution < -0.4 is 4.74 Å². The van der Waals surface area contributed by atoms with Gasteiger partial charge in [-0.1, -0.05) is 19.8 Å². The van der Waals surface area contributed by atoms with Crippen LogP contribution in [0.3, 0.4) is 0 Å². The molecule has 30 heavy (non-hydrogen) atoms. The molecule has 7 heteroatoms. The Bertz CT molecular complexity index is 741. The van der Waals surface area contributed by atoms with Gasteiger partial charge in [-0.05, 0) is 44.4 Å². The first-order valence-electron chi connectivity index (χ1n) is 11.0. The van der Waals surface area contributed by atoms with E-state index in [2.05, 4.69) is 4.98 Å². The van der Waals surface area contributed by atoms with E-state index >= 15 is 0 Å². The number of aromatic nitrogens is 1. The van der Waals surface area contributed by atoms with Crippen LogP contribution >= 0.6 is 0 Å². The predicted molar refractivity (Wildman–Crippen MR) is 111 cm³/mol. The van der Waals surface area contributed by atoms with E-state index in [9.17, 15) is 14.7 Å². The molecule has 0 saturated heterocycles. The normalized spacial score (nSPS) is 19.8. The minimum atomic E-state index is -0.653. The number of carbonyl (C=O) groups is 2. The molecule has 1 N–H and O–H groups in total. The molecule has 0 radical (unpaired) electrons. The van der Waals surface area contributed by atoms with Crippen molar-refractivity contribution in [3.8, 4) is 11.5 Å². The zero-order valence-electron chi connectivity index (χ0n) is 18.1. The summed E-state index contributed by atoms with van der Waals surface area (Å²) in [7, 11) is 1.40. The van der Waals surface area contributed by atoms with Gasteiger partial charge in [0.05, 0.1) is 19.1 Å². The maximum Gasteiger partial charge on any atom is 0.309 e. The summed E-state index contributed by atoms with van der Waals surface area (Å²) >= 11 is 0. The highest BCUT2D eigenvalue weighted by molar-refractivity contribution is 5.99.